The van der Waals surface area contributed by atoms with Gasteiger partial charge in [-0.1, -0.05) is 25.1 Å². The van der Waals surface area contributed by atoms with E-state index in [0.29, 0.717) is 12.0 Å². The number of nitrogens with one attached hydrogen (secondary N) is 1. The van der Waals surface area contributed by atoms with Crippen molar-refractivity contribution in [3.8, 4) is 0 Å². The van der Waals surface area contributed by atoms with Gasteiger partial charge in [-0.15, -0.1) is 24.0 Å². The number of halogens is 1. The molecule has 1 saturated heterocycles. The lowest BCUT2D eigenvalue weighted by atomic mass is 9.98. The number of rotatable bonds is 4. The van der Waals surface area contributed by atoms with Crippen molar-refractivity contribution in [2.45, 2.75) is 32.7 Å². The molecule has 0 spiro atoms. The molecule has 0 radical (unpaired) electrons. The summed E-state index contributed by atoms with van der Waals surface area (Å²) >= 11 is 0. The van der Waals surface area contributed by atoms with Gasteiger partial charge in [0.15, 0.2) is 5.96 Å². The first-order valence-corrected chi connectivity index (χ1v) is 7.51. The standard InChI is InChI=1S/C16H26N4.HI/c1-13-8-10-20(11-9-13)14(2)12-18-16(17)19-15-6-4-3-5-7-15;/h3-7,13-14H,8-12H2,1-2H3,(H3,17,18,19);1H. The van der Waals surface area contributed by atoms with E-state index in [1.54, 1.807) is 0 Å². The van der Waals surface area contributed by atoms with Gasteiger partial charge in [0.05, 0.1) is 6.54 Å². The summed E-state index contributed by atoms with van der Waals surface area (Å²) < 4.78 is 0. The van der Waals surface area contributed by atoms with Crippen molar-refractivity contribution in [3.63, 3.8) is 0 Å². The van der Waals surface area contributed by atoms with Crippen LogP contribution in [0.5, 0.6) is 0 Å². The van der Waals surface area contributed by atoms with Crippen LogP contribution in [-0.2, 0) is 0 Å². The maximum absolute atomic E-state index is 5.93. The summed E-state index contributed by atoms with van der Waals surface area (Å²) in [6.07, 6.45) is 2.59. The normalized spacial score (nSPS) is 18.9. The quantitative estimate of drug-likeness (QED) is 0.462. The number of hydrogen-bond donors (Lipinski definition) is 2. The van der Waals surface area contributed by atoms with Crippen LogP contribution in [-0.4, -0.2) is 36.5 Å². The molecule has 4 nitrogen and oxygen atoms in total. The van der Waals surface area contributed by atoms with Crippen molar-refractivity contribution in [3.05, 3.63) is 30.3 Å². The summed E-state index contributed by atoms with van der Waals surface area (Å²) in [5.41, 5.74) is 6.91. The molecule has 1 aromatic carbocycles. The highest BCUT2D eigenvalue weighted by Gasteiger charge is 2.19. The van der Waals surface area contributed by atoms with E-state index < -0.39 is 0 Å². The minimum atomic E-state index is 0. The summed E-state index contributed by atoms with van der Waals surface area (Å²) in [6.45, 7) is 7.69. The minimum Gasteiger partial charge on any atom is -0.370 e. The van der Waals surface area contributed by atoms with E-state index in [1.807, 2.05) is 30.3 Å². The number of likely N-dealkylation sites (tertiary alicyclic amines) is 1. The molecule has 1 heterocycles. The summed E-state index contributed by atoms with van der Waals surface area (Å²) in [6, 6.07) is 10.4. The second kappa shape index (κ2) is 9.25. The molecule has 0 bridgehead atoms. The molecule has 0 aliphatic carbocycles. The number of guanidine groups is 1. The third kappa shape index (κ3) is 6.22. The Labute approximate surface area is 145 Å². The Morgan fingerprint density at radius 2 is 1.95 bits per heavy atom. The number of aliphatic imine (C=N–C) groups is 1. The predicted octanol–water partition coefficient (Wildman–Crippen LogP) is 3.15. The smallest absolute Gasteiger partial charge is 0.193 e. The maximum atomic E-state index is 5.93. The van der Waals surface area contributed by atoms with Crippen LogP contribution in [0.15, 0.2) is 35.3 Å². The van der Waals surface area contributed by atoms with Crippen LogP contribution in [0.1, 0.15) is 26.7 Å². The first-order chi connectivity index (χ1) is 9.65. The van der Waals surface area contributed by atoms with E-state index in [-0.39, 0.29) is 24.0 Å². The fourth-order valence-corrected chi connectivity index (χ4v) is 2.52. The summed E-state index contributed by atoms with van der Waals surface area (Å²) in [5.74, 6) is 1.36. The zero-order chi connectivity index (χ0) is 14.4. The summed E-state index contributed by atoms with van der Waals surface area (Å²) in [4.78, 5) is 6.97. The van der Waals surface area contributed by atoms with E-state index in [1.165, 1.54) is 25.9 Å². The van der Waals surface area contributed by atoms with E-state index >= 15 is 0 Å². The number of nitrogens with two attached hydrogens (primary N) is 1. The zero-order valence-electron chi connectivity index (χ0n) is 13.0. The third-order valence-electron chi connectivity index (χ3n) is 4.01. The van der Waals surface area contributed by atoms with E-state index in [2.05, 4.69) is 29.1 Å². The van der Waals surface area contributed by atoms with Crippen LogP contribution in [0.3, 0.4) is 0 Å². The van der Waals surface area contributed by atoms with Gasteiger partial charge >= 0.3 is 0 Å². The average molecular weight is 402 g/mol. The molecule has 1 unspecified atom stereocenters. The van der Waals surface area contributed by atoms with Crippen LogP contribution in [0.2, 0.25) is 0 Å². The van der Waals surface area contributed by atoms with Crippen molar-refractivity contribution in [1.29, 1.82) is 0 Å². The molecular formula is C16H27IN4. The summed E-state index contributed by atoms with van der Waals surface area (Å²) in [7, 11) is 0. The van der Waals surface area contributed by atoms with Crippen molar-refractivity contribution in [2.24, 2.45) is 16.6 Å². The van der Waals surface area contributed by atoms with E-state index in [4.69, 9.17) is 5.73 Å². The van der Waals surface area contributed by atoms with Crippen molar-refractivity contribution < 1.29 is 0 Å². The van der Waals surface area contributed by atoms with Gasteiger partial charge in [0.2, 0.25) is 0 Å². The van der Waals surface area contributed by atoms with E-state index in [0.717, 1.165) is 18.2 Å². The molecule has 1 aromatic rings. The molecular weight excluding hydrogens is 375 g/mol. The molecule has 1 atom stereocenters. The van der Waals surface area contributed by atoms with Crippen molar-refractivity contribution in [2.75, 3.05) is 25.0 Å². The second-order valence-electron chi connectivity index (χ2n) is 5.78. The van der Waals surface area contributed by atoms with Gasteiger partial charge < -0.3 is 11.1 Å². The molecule has 5 heteroatoms. The Bertz CT molecular complexity index is 427. The Hall–Kier alpha value is -0.820. The van der Waals surface area contributed by atoms with Gasteiger partial charge in [-0.05, 0) is 50.9 Å². The van der Waals surface area contributed by atoms with Gasteiger partial charge in [0.25, 0.3) is 0 Å². The fraction of sp³-hybridized carbons (Fsp3) is 0.562. The Balaban J connectivity index is 0.00000220. The topological polar surface area (TPSA) is 53.6 Å². The first kappa shape index (κ1) is 18.2. The molecule has 1 aliphatic heterocycles. The van der Waals surface area contributed by atoms with Crippen molar-refractivity contribution in [1.82, 2.24) is 4.90 Å². The molecule has 1 aliphatic rings. The maximum Gasteiger partial charge on any atom is 0.193 e. The largest absolute Gasteiger partial charge is 0.370 e. The number of anilines is 1. The number of piperidine rings is 1. The molecule has 2 rings (SSSR count). The highest BCUT2D eigenvalue weighted by Crippen LogP contribution is 2.18. The Morgan fingerprint density at radius 1 is 1.33 bits per heavy atom. The predicted molar refractivity (Wildman–Crippen MR) is 101 cm³/mol. The highest BCUT2D eigenvalue weighted by atomic mass is 127. The monoisotopic (exact) mass is 402 g/mol. The molecule has 1 fully saturated rings. The van der Waals surface area contributed by atoms with Gasteiger partial charge in [-0.25, -0.2) is 0 Å². The molecule has 118 valence electrons. The lowest BCUT2D eigenvalue weighted by Gasteiger charge is -2.34. The summed E-state index contributed by atoms with van der Waals surface area (Å²) in [5, 5.41) is 3.12. The second-order valence-corrected chi connectivity index (χ2v) is 5.78. The van der Waals surface area contributed by atoms with Crippen LogP contribution in [0.25, 0.3) is 0 Å². The van der Waals surface area contributed by atoms with Crippen LogP contribution >= 0.6 is 24.0 Å². The van der Waals surface area contributed by atoms with Crippen LogP contribution in [0.4, 0.5) is 5.69 Å². The van der Waals surface area contributed by atoms with Gasteiger partial charge in [-0.2, -0.15) is 0 Å². The Morgan fingerprint density at radius 3 is 2.57 bits per heavy atom. The lowest BCUT2D eigenvalue weighted by molar-refractivity contribution is 0.150. The van der Waals surface area contributed by atoms with Gasteiger partial charge in [-0.3, -0.25) is 9.89 Å². The van der Waals surface area contributed by atoms with Crippen molar-refractivity contribution >= 4 is 35.6 Å². The Kier molecular flexibility index (Phi) is 8.03. The molecule has 0 amide bonds. The van der Waals surface area contributed by atoms with Gasteiger partial charge in [0.1, 0.15) is 0 Å². The van der Waals surface area contributed by atoms with Gasteiger partial charge in [0, 0.05) is 11.7 Å². The minimum absolute atomic E-state index is 0. The molecule has 0 saturated carbocycles. The highest BCUT2D eigenvalue weighted by molar-refractivity contribution is 14.0. The van der Waals surface area contributed by atoms with Crippen LogP contribution < -0.4 is 11.1 Å². The average Bonchev–Trinajstić information content (AvgIpc) is 2.46. The third-order valence-corrected chi connectivity index (χ3v) is 4.01. The zero-order valence-corrected chi connectivity index (χ0v) is 15.3. The molecule has 21 heavy (non-hydrogen) atoms. The first-order valence-electron chi connectivity index (χ1n) is 7.51. The molecule has 3 N–H and O–H groups in total. The number of para-hydroxylation sites is 1. The van der Waals surface area contributed by atoms with Crippen LogP contribution in [0, 0.1) is 5.92 Å². The number of hydrogen-bond acceptors (Lipinski definition) is 2. The lowest BCUT2D eigenvalue weighted by Crippen LogP contribution is -2.41. The fourth-order valence-electron chi connectivity index (χ4n) is 2.52. The number of benzene rings is 1. The SMILES string of the molecule is CC1CCN(C(C)CN=C(N)Nc2ccccc2)CC1.I. The van der Waals surface area contributed by atoms with E-state index in [9.17, 15) is 0 Å². The number of nitrogens with zero attached hydrogens (tertiary/aromatic N) is 2. The molecule has 0 aromatic heterocycles.